The first-order valence-corrected chi connectivity index (χ1v) is 14.1. The molecule has 1 aliphatic heterocycles. The van der Waals surface area contributed by atoms with Gasteiger partial charge in [-0.05, 0) is 12.1 Å². The zero-order valence-electron chi connectivity index (χ0n) is 14.5. The number of nitrogens with zero attached hydrogens (tertiary/aromatic N) is 8. The van der Waals surface area contributed by atoms with Crippen molar-refractivity contribution in [3.05, 3.63) is 18.0 Å². The van der Waals surface area contributed by atoms with E-state index in [2.05, 4.69) is 72.9 Å². The smallest absolute Gasteiger partial charge is 0.206 e. The molecule has 1 saturated heterocycles. The molecule has 3 N–H and O–H groups in total. The Balaban J connectivity index is 0.00000102. The summed E-state index contributed by atoms with van der Waals surface area (Å²) in [4.78, 5) is 14.2. The van der Waals surface area contributed by atoms with Crippen molar-refractivity contribution in [1.82, 2.24) is 39.7 Å². The molecule has 146 valence electrons. The lowest BCUT2D eigenvalue weighted by atomic mass is 10.1. The van der Waals surface area contributed by atoms with Crippen LogP contribution in [0.3, 0.4) is 0 Å². The van der Waals surface area contributed by atoms with Crippen LogP contribution in [-0.4, -0.2) is 69.2 Å². The van der Waals surface area contributed by atoms with E-state index < -0.39 is 24.5 Å². The molecule has 14 heteroatoms. The number of tetrazole rings is 1. The quantitative estimate of drug-likeness (QED) is 0.362. The van der Waals surface area contributed by atoms with Crippen molar-refractivity contribution >= 4 is 54.2 Å². The number of ether oxygens (including phenoxy) is 1. The molecule has 0 aromatic carbocycles. The second-order valence-corrected chi connectivity index (χ2v) is 5.76. The first-order chi connectivity index (χ1) is 13.0. The van der Waals surface area contributed by atoms with Gasteiger partial charge < -0.3 is 20.3 Å². The first-order valence-electron chi connectivity index (χ1n) is 7.78. The molecule has 3 aromatic heterocycles. The molecule has 1 fully saturated rings. The summed E-state index contributed by atoms with van der Waals surface area (Å²) >= 11 is 4.24. The molecule has 0 spiro atoms. The Morgan fingerprint density at radius 1 is 1.22 bits per heavy atom. The van der Waals surface area contributed by atoms with E-state index in [9.17, 15) is 10.2 Å². The number of halogens is 2. The summed E-state index contributed by atoms with van der Waals surface area (Å²) in [5.74, 6) is 1.31. The zero-order chi connectivity index (χ0) is 19.7. The molecule has 12 nitrogen and oxygen atoms in total. The number of aliphatic hydroxyl groups excluding tert-OH is 2. The molecule has 3 unspecified atom stereocenters. The van der Waals surface area contributed by atoms with Gasteiger partial charge in [-0.25, -0.2) is 15.0 Å². The SMILES string of the molecule is CNc1nc(C)nc2c1ncn2C1O[C@H](c2nnn(C)n2)C(O)C1O.II. The molecular weight excluding hydrogens is 584 g/mol. The number of imidazole rings is 1. The topological polar surface area (TPSA) is 149 Å². The van der Waals surface area contributed by atoms with Crippen LogP contribution in [0.25, 0.3) is 11.2 Å². The maximum absolute atomic E-state index is 10.5. The highest BCUT2D eigenvalue weighted by Gasteiger charge is 2.47. The number of hydrogen-bond acceptors (Lipinski definition) is 10. The van der Waals surface area contributed by atoms with Gasteiger partial charge >= 0.3 is 0 Å². The zero-order valence-corrected chi connectivity index (χ0v) is 18.8. The summed E-state index contributed by atoms with van der Waals surface area (Å²) in [5.41, 5.74) is 1.03. The Morgan fingerprint density at radius 3 is 2.59 bits per heavy atom. The summed E-state index contributed by atoms with van der Waals surface area (Å²) in [6, 6.07) is 0. The second kappa shape index (κ2) is 8.41. The van der Waals surface area contributed by atoms with Crippen LogP contribution in [0.5, 0.6) is 0 Å². The normalized spacial score (nSPS) is 24.7. The van der Waals surface area contributed by atoms with E-state index in [1.807, 2.05) is 0 Å². The molecule has 4 heterocycles. The molecular formula is C13H17I2N9O3. The molecule has 0 bridgehead atoms. The van der Waals surface area contributed by atoms with Gasteiger partial charge in [-0.15, -0.1) is 10.2 Å². The van der Waals surface area contributed by atoms with E-state index in [0.717, 1.165) is 0 Å². The number of aromatic nitrogens is 8. The number of aryl methyl sites for hydroxylation is 2. The van der Waals surface area contributed by atoms with Gasteiger partial charge in [0.05, 0.1) is 13.4 Å². The van der Waals surface area contributed by atoms with Gasteiger partial charge in [-0.1, -0.05) is 0 Å². The van der Waals surface area contributed by atoms with E-state index in [1.165, 1.54) is 11.1 Å². The number of nitrogens with one attached hydrogen (secondary N) is 1. The molecule has 0 radical (unpaired) electrons. The van der Waals surface area contributed by atoms with Crippen molar-refractivity contribution in [3.8, 4) is 0 Å². The molecule has 4 rings (SSSR count). The predicted molar refractivity (Wildman–Crippen MR) is 111 cm³/mol. The summed E-state index contributed by atoms with van der Waals surface area (Å²) in [5, 5.41) is 35.4. The van der Waals surface area contributed by atoms with Crippen molar-refractivity contribution in [2.45, 2.75) is 31.5 Å². The lowest BCUT2D eigenvalue weighted by molar-refractivity contribution is -0.0384. The van der Waals surface area contributed by atoms with Gasteiger partial charge in [0.25, 0.3) is 0 Å². The fourth-order valence-electron chi connectivity index (χ4n) is 2.90. The van der Waals surface area contributed by atoms with Gasteiger partial charge in [0, 0.05) is 44.3 Å². The Hall–Kier alpha value is -1.24. The number of hydrogen-bond donors (Lipinski definition) is 3. The van der Waals surface area contributed by atoms with Crippen LogP contribution in [-0.2, 0) is 11.8 Å². The van der Waals surface area contributed by atoms with E-state index in [4.69, 9.17) is 4.74 Å². The summed E-state index contributed by atoms with van der Waals surface area (Å²) in [6.07, 6.45) is -2.73. The van der Waals surface area contributed by atoms with Crippen LogP contribution in [0, 0.1) is 6.92 Å². The average Bonchev–Trinajstić information content (AvgIpc) is 3.35. The standard InChI is InChI=1S/C13H17N9O3.I2/c1-5-16-10(14-2)6-12(17-5)22(4-15-6)13-8(24)7(23)9(25-13)11-18-20-21(3)19-11;1-2/h4,7-9,13,23-24H,1-3H3,(H,14,16,17);/t7?,8?,9-,13?;/m0./s1. The minimum atomic E-state index is -1.21. The van der Waals surface area contributed by atoms with Crippen LogP contribution in [0.15, 0.2) is 6.33 Å². The highest BCUT2D eigenvalue weighted by Crippen LogP contribution is 2.38. The summed E-state index contributed by atoms with van der Waals surface area (Å²) in [6.45, 7) is 1.75. The lowest BCUT2D eigenvalue weighted by Gasteiger charge is -2.16. The number of fused-ring (bicyclic) bond motifs is 1. The molecule has 0 saturated carbocycles. The fourth-order valence-corrected chi connectivity index (χ4v) is 2.90. The highest BCUT2D eigenvalue weighted by molar-refractivity contribution is 15.0. The first kappa shape index (κ1) is 20.5. The van der Waals surface area contributed by atoms with Crippen LogP contribution in [0.4, 0.5) is 5.82 Å². The van der Waals surface area contributed by atoms with E-state index in [-0.39, 0.29) is 5.82 Å². The monoisotopic (exact) mass is 601 g/mol. The Bertz CT molecular complexity index is 933. The Kier molecular flexibility index (Phi) is 6.39. The highest BCUT2D eigenvalue weighted by atomic mass is 128. The third-order valence-corrected chi connectivity index (χ3v) is 4.06. The Morgan fingerprint density at radius 2 is 1.96 bits per heavy atom. The summed E-state index contributed by atoms with van der Waals surface area (Å²) in [7, 11) is 3.34. The maximum Gasteiger partial charge on any atom is 0.206 e. The van der Waals surface area contributed by atoms with Gasteiger partial charge in [0.1, 0.15) is 18.0 Å². The van der Waals surface area contributed by atoms with E-state index in [0.29, 0.717) is 22.8 Å². The lowest BCUT2D eigenvalue weighted by Crippen LogP contribution is -2.29. The second-order valence-electron chi connectivity index (χ2n) is 5.76. The average molecular weight is 601 g/mol. The predicted octanol–water partition coefficient (Wildman–Crippen LogP) is 0.463. The van der Waals surface area contributed by atoms with Crippen LogP contribution < -0.4 is 5.32 Å². The van der Waals surface area contributed by atoms with Crippen molar-refractivity contribution in [1.29, 1.82) is 0 Å². The third kappa shape index (κ3) is 3.71. The maximum atomic E-state index is 10.5. The molecule has 0 amide bonds. The van der Waals surface area contributed by atoms with E-state index >= 15 is 0 Å². The van der Waals surface area contributed by atoms with Gasteiger partial charge in [0.2, 0.25) is 5.82 Å². The summed E-state index contributed by atoms with van der Waals surface area (Å²) < 4.78 is 7.38. The molecule has 0 aliphatic carbocycles. The molecule has 4 atom stereocenters. The van der Waals surface area contributed by atoms with Crippen molar-refractivity contribution < 1.29 is 14.9 Å². The molecule has 1 aliphatic rings. The largest absolute Gasteiger partial charge is 0.387 e. The van der Waals surface area contributed by atoms with Gasteiger partial charge in [-0.2, -0.15) is 4.80 Å². The van der Waals surface area contributed by atoms with Gasteiger partial charge in [0.15, 0.2) is 29.3 Å². The van der Waals surface area contributed by atoms with Crippen LogP contribution >= 0.6 is 37.2 Å². The fraction of sp³-hybridized carbons (Fsp3) is 0.538. The van der Waals surface area contributed by atoms with Crippen LogP contribution in [0.1, 0.15) is 24.0 Å². The molecule has 3 aromatic rings. The van der Waals surface area contributed by atoms with Crippen LogP contribution in [0.2, 0.25) is 0 Å². The Labute approximate surface area is 177 Å². The van der Waals surface area contributed by atoms with Gasteiger partial charge in [-0.3, -0.25) is 4.57 Å². The van der Waals surface area contributed by atoms with Crippen molar-refractivity contribution in [2.75, 3.05) is 12.4 Å². The third-order valence-electron chi connectivity index (χ3n) is 4.06. The number of anilines is 1. The number of rotatable bonds is 3. The number of aliphatic hydroxyl groups is 2. The minimum absolute atomic E-state index is 0.197. The van der Waals surface area contributed by atoms with Crippen molar-refractivity contribution in [2.24, 2.45) is 7.05 Å². The van der Waals surface area contributed by atoms with Crippen molar-refractivity contribution in [3.63, 3.8) is 0 Å². The van der Waals surface area contributed by atoms with E-state index in [1.54, 1.807) is 25.6 Å². The molecule has 27 heavy (non-hydrogen) atoms. The minimum Gasteiger partial charge on any atom is -0.387 e.